The van der Waals surface area contributed by atoms with E-state index in [0.717, 1.165) is 42.8 Å². The standard InChI is InChI=1S/C21H30N4O/c1-6-7-10-13-22-20-23-15(2)14-18(25-20)19(26)24-17-12-9-8-11-16(17)21(3,4)5/h8-9,11-12,14H,6-7,10,13H2,1-5H3,(H,24,26)(H,22,23,25). The smallest absolute Gasteiger partial charge is 0.274 e. The molecule has 2 rings (SSSR count). The topological polar surface area (TPSA) is 66.9 Å². The van der Waals surface area contributed by atoms with Crippen molar-refractivity contribution in [2.24, 2.45) is 0 Å². The molecule has 0 saturated heterocycles. The number of para-hydroxylation sites is 1. The molecule has 0 bridgehead atoms. The van der Waals surface area contributed by atoms with Gasteiger partial charge in [0.15, 0.2) is 0 Å². The lowest BCUT2D eigenvalue weighted by atomic mass is 9.86. The third-order valence-electron chi connectivity index (χ3n) is 4.13. The van der Waals surface area contributed by atoms with E-state index in [1.165, 1.54) is 0 Å². The Morgan fingerprint density at radius 3 is 2.54 bits per heavy atom. The molecule has 0 aliphatic rings. The molecule has 0 aliphatic heterocycles. The van der Waals surface area contributed by atoms with Gasteiger partial charge in [-0.3, -0.25) is 4.79 Å². The molecular weight excluding hydrogens is 324 g/mol. The minimum atomic E-state index is -0.219. The summed E-state index contributed by atoms with van der Waals surface area (Å²) in [6.07, 6.45) is 3.39. The van der Waals surface area contributed by atoms with Crippen LogP contribution in [0.2, 0.25) is 0 Å². The third-order valence-corrected chi connectivity index (χ3v) is 4.13. The maximum absolute atomic E-state index is 12.7. The minimum Gasteiger partial charge on any atom is -0.354 e. The number of carbonyl (C=O) groups is 1. The van der Waals surface area contributed by atoms with Gasteiger partial charge in [-0.05, 0) is 36.5 Å². The maximum atomic E-state index is 12.7. The summed E-state index contributed by atoms with van der Waals surface area (Å²) >= 11 is 0. The largest absolute Gasteiger partial charge is 0.354 e. The Hall–Kier alpha value is -2.43. The molecule has 1 aromatic heterocycles. The van der Waals surface area contributed by atoms with Crippen molar-refractivity contribution in [2.45, 2.75) is 59.3 Å². The predicted octanol–water partition coefficient (Wildman–Crippen LogP) is 4.94. The number of amides is 1. The van der Waals surface area contributed by atoms with E-state index in [0.29, 0.717) is 11.6 Å². The van der Waals surface area contributed by atoms with E-state index < -0.39 is 0 Å². The molecule has 1 amide bonds. The molecule has 0 spiro atoms. The van der Waals surface area contributed by atoms with E-state index in [-0.39, 0.29) is 11.3 Å². The van der Waals surface area contributed by atoms with Gasteiger partial charge in [0.2, 0.25) is 5.95 Å². The number of nitrogens with zero attached hydrogens (tertiary/aromatic N) is 2. The van der Waals surface area contributed by atoms with Gasteiger partial charge in [-0.25, -0.2) is 9.97 Å². The van der Waals surface area contributed by atoms with Crippen molar-refractivity contribution in [1.29, 1.82) is 0 Å². The molecule has 0 radical (unpaired) electrons. The van der Waals surface area contributed by atoms with Gasteiger partial charge in [0.25, 0.3) is 5.91 Å². The van der Waals surface area contributed by atoms with Crippen LogP contribution in [-0.4, -0.2) is 22.4 Å². The first-order valence-electron chi connectivity index (χ1n) is 9.31. The first kappa shape index (κ1) is 19.9. The van der Waals surface area contributed by atoms with Crippen LogP contribution in [0.3, 0.4) is 0 Å². The number of hydrogen-bond acceptors (Lipinski definition) is 4. The molecule has 5 heteroatoms. The molecule has 0 atom stereocenters. The highest BCUT2D eigenvalue weighted by molar-refractivity contribution is 6.03. The Bertz CT molecular complexity index is 750. The van der Waals surface area contributed by atoms with Crippen LogP contribution >= 0.6 is 0 Å². The lowest BCUT2D eigenvalue weighted by Gasteiger charge is -2.23. The first-order valence-corrected chi connectivity index (χ1v) is 9.31. The number of unbranched alkanes of at least 4 members (excludes halogenated alkanes) is 2. The van der Waals surface area contributed by atoms with E-state index in [4.69, 9.17) is 0 Å². The second-order valence-electron chi connectivity index (χ2n) is 7.60. The average Bonchev–Trinajstić information content (AvgIpc) is 2.58. The number of aryl methyl sites for hydroxylation is 1. The summed E-state index contributed by atoms with van der Waals surface area (Å²) in [5.41, 5.74) is 3.00. The van der Waals surface area contributed by atoms with Crippen molar-refractivity contribution in [1.82, 2.24) is 9.97 Å². The Kier molecular flexibility index (Phi) is 6.72. The van der Waals surface area contributed by atoms with E-state index in [9.17, 15) is 4.79 Å². The summed E-state index contributed by atoms with van der Waals surface area (Å²) in [5.74, 6) is 0.291. The third kappa shape index (κ3) is 5.55. The van der Waals surface area contributed by atoms with Gasteiger partial charge in [-0.2, -0.15) is 0 Å². The van der Waals surface area contributed by atoms with Crippen molar-refractivity contribution in [3.8, 4) is 0 Å². The molecule has 0 fully saturated rings. The van der Waals surface area contributed by atoms with E-state index >= 15 is 0 Å². The minimum absolute atomic E-state index is 0.0581. The van der Waals surface area contributed by atoms with Crippen molar-refractivity contribution >= 4 is 17.5 Å². The van der Waals surface area contributed by atoms with Gasteiger partial charge in [-0.1, -0.05) is 58.7 Å². The highest BCUT2D eigenvalue weighted by atomic mass is 16.1. The summed E-state index contributed by atoms with van der Waals surface area (Å²) in [7, 11) is 0. The van der Waals surface area contributed by atoms with Gasteiger partial charge in [0.05, 0.1) is 0 Å². The van der Waals surface area contributed by atoms with Crippen molar-refractivity contribution < 1.29 is 4.79 Å². The zero-order chi connectivity index (χ0) is 19.2. The van der Waals surface area contributed by atoms with Crippen LogP contribution in [0.1, 0.15) is 68.7 Å². The number of carbonyl (C=O) groups excluding carboxylic acids is 1. The molecule has 5 nitrogen and oxygen atoms in total. The maximum Gasteiger partial charge on any atom is 0.274 e. The molecule has 0 aliphatic carbocycles. The normalized spacial score (nSPS) is 11.3. The fraction of sp³-hybridized carbons (Fsp3) is 0.476. The van der Waals surface area contributed by atoms with Gasteiger partial charge >= 0.3 is 0 Å². The fourth-order valence-corrected chi connectivity index (χ4v) is 2.77. The van der Waals surface area contributed by atoms with Crippen LogP contribution in [0.25, 0.3) is 0 Å². The van der Waals surface area contributed by atoms with Crippen LogP contribution in [0.15, 0.2) is 30.3 Å². The second kappa shape index (κ2) is 8.79. The number of anilines is 2. The molecule has 1 heterocycles. The van der Waals surface area contributed by atoms with E-state index in [1.54, 1.807) is 6.07 Å². The summed E-state index contributed by atoms with van der Waals surface area (Å²) in [5, 5.41) is 6.22. The van der Waals surface area contributed by atoms with Crippen LogP contribution in [0.5, 0.6) is 0 Å². The highest BCUT2D eigenvalue weighted by Gasteiger charge is 2.19. The summed E-state index contributed by atoms with van der Waals surface area (Å²) in [4.78, 5) is 21.5. The Balaban J connectivity index is 2.16. The number of hydrogen-bond donors (Lipinski definition) is 2. The van der Waals surface area contributed by atoms with Crippen molar-refractivity contribution in [3.63, 3.8) is 0 Å². The fourth-order valence-electron chi connectivity index (χ4n) is 2.77. The second-order valence-corrected chi connectivity index (χ2v) is 7.60. The van der Waals surface area contributed by atoms with Gasteiger partial charge in [0.1, 0.15) is 5.69 Å². The summed E-state index contributed by atoms with van der Waals surface area (Å²) in [6.45, 7) is 11.2. The molecular formula is C21H30N4O. The van der Waals surface area contributed by atoms with Crippen LogP contribution in [0, 0.1) is 6.92 Å². The van der Waals surface area contributed by atoms with Gasteiger partial charge in [-0.15, -0.1) is 0 Å². The van der Waals surface area contributed by atoms with Crippen LogP contribution < -0.4 is 10.6 Å². The molecule has 26 heavy (non-hydrogen) atoms. The SMILES string of the molecule is CCCCCNc1nc(C)cc(C(=O)Nc2ccccc2C(C)(C)C)n1. The number of aromatic nitrogens is 2. The zero-order valence-electron chi connectivity index (χ0n) is 16.5. The Morgan fingerprint density at radius 2 is 1.85 bits per heavy atom. The zero-order valence-corrected chi connectivity index (χ0v) is 16.5. The monoisotopic (exact) mass is 354 g/mol. The van der Waals surface area contributed by atoms with Gasteiger partial charge in [0, 0.05) is 17.9 Å². The number of benzene rings is 1. The molecule has 140 valence electrons. The van der Waals surface area contributed by atoms with Gasteiger partial charge < -0.3 is 10.6 Å². The quantitative estimate of drug-likeness (QED) is 0.691. The summed E-state index contributed by atoms with van der Waals surface area (Å²) in [6, 6.07) is 9.60. The van der Waals surface area contributed by atoms with Crippen LogP contribution in [-0.2, 0) is 5.41 Å². The molecule has 2 N–H and O–H groups in total. The predicted molar refractivity (Wildman–Crippen MR) is 108 cm³/mol. The van der Waals surface area contributed by atoms with Crippen molar-refractivity contribution in [2.75, 3.05) is 17.2 Å². The lowest BCUT2D eigenvalue weighted by Crippen LogP contribution is -2.20. The number of nitrogens with one attached hydrogen (secondary N) is 2. The lowest BCUT2D eigenvalue weighted by molar-refractivity contribution is 0.102. The highest BCUT2D eigenvalue weighted by Crippen LogP contribution is 2.29. The first-order chi connectivity index (χ1) is 12.3. The van der Waals surface area contributed by atoms with E-state index in [1.807, 2.05) is 31.2 Å². The molecule has 0 unspecified atom stereocenters. The molecule has 0 saturated carbocycles. The Morgan fingerprint density at radius 1 is 1.12 bits per heavy atom. The Labute approximate surface area is 156 Å². The van der Waals surface area contributed by atoms with Crippen molar-refractivity contribution in [3.05, 3.63) is 47.3 Å². The number of rotatable bonds is 7. The average molecular weight is 354 g/mol. The molecule has 1 aromatic carbocycles. The summed E-state index contributed by atoms with van der Waals surface area (Å²) < 4.78 is 0. The molecule has 2 aromatic rings. The van der Waals surface area contributed by atoms with Crippen LogP contribution in [0.4, 0.5) is 11.6 Å². The van der Waals surface area contributed by atoms with E-state index in [2.05, 4.69) is 48.3 Å².